The van der Waals surface area contributed by atoms with Gasteiger partial charge in [-0.3, -0.25) is 0 Å². The Balaban J connectivity index is 3.72. The van der Waals surface area contributed by atoms with Crippen molar-refractivity contribution in [3.05, 3.63) is 0 Å². The Kier molecular flexibility index (Phi) is 10.3. The van der Waals surface area contributed by atoms with Gasteiger partial charge < -0.3 is 4.90 Å². The van der Waals surface area contributed by atoms with E-state index >= 15 is 0 Å². The zero-order chi connectivity index (χ0) is 10.8. The van der Waals surface area contributed by atoms with Crippen molar-refractivity contribution < 1.29 is 0 Å². The minimum Gasteiger partial charge on any atom is -0.301 e. The molecule has 0 aromatic carbocycles. The summed E-state index contributed by atoms with van der Waals surface area (Å²) in [6.07, 6.45) is 6.57. The first kappa shape index (κ1) is 14.4. The van der Waals surface area contributed by atoms with Crippen LogP contribution in [0.4, 0.5) is 0 Å². The number of alkyl halides is 1. The molecule has 0 bridgehead atoms. The van der Waals surface area contributed by atoms with Crippen molar-refractivity contribution in [2.24, 2.45) is 0 Å². The van der Waals surface area contributed by atoms with Crippen molar-refractivity contribution in [2.45, 2.75) is 58.9 Å². The van der Waals surface area contributed by atoms with Gasteiger partial charge in [-0.15, -0.1) is 0 Å². The Morgan fingerprint density at radius 3 is 2.21 bits per heavy atom. The summed E-state index contributed by atoms with van der Waals surface area (Å²) in [5.41, 5.74) is 0. The van der Waals surface area contributed by atoms with Crippen LogP contribution in [-0.4, -0.2) is 29.4 Å². The second-order valence-corrected chi connectivity index (χ2v) is 4.84. The van der Waals surface area contributed by atoms with Crippen LogP contribution in [0.2, 0.25) is 0 Å². The van der Waals surface area contributed by atoms with E-state index < -0.39 is 0 Å². The lowest BCUT2D eigenvalue weighted by Gasteiger charge is -2.28. The molecule has 0 aliphatic rings. The number of unbranched alkanes of at least 4 members (excludes halogenated alkanes) is 2. The van der Waals surface area contributed by atoms with Crippen LogP contribution in [0.15, 0.2) is 0 Å². The predicted molar refractivity (Wildman–Crippen MR) is 69.3 cm³/mol. The van der Waals surface area contributed by atoms with Crippen LogP contribution >= 0.6 is 15.9 Å². The lowest BCUT2D eigenvalue weighted by Crippen LogP contribution is -2.34. The van der Waals surface area contributed by atoms with E-state index in [4.69, 9.17) is 0 Å². The van der Waals surface area contributed by atoms with Crippen molar-refractivity contribution in [3.8, 4) is 0 Å². The highest BCUT2D eigenvalue weighted by Crippen LogP contribution is 2.08. The summed E-state index contributed by atoms with van der Waals surface area (Å²) in [7, 11) is 0. The second kappa shape index (κ2) is 9.97. The van der Waals surface area contributed by atoms with Crippen LogP contribution in [0.25, 0.3) is 0 Å². The van der Waals surface area contributed by atoms with E-state index in [0.29, 0.717) is 0 Å². The van der Waals surface area contributed by atoms with Gasteiger partial charge in [0.2, 0.25) is 0 Å². The maximum Gasteiger partial charge on any atom is 0.00643 e. The number of hydrogen-bond donors (Lipinski definition) is 0. The van der Waals surface area contributed by atoms with Crippen molar-refractivity contribution in [3.63, 3.8) is 0 Å². The maximum atomic E-state index is 3.49. The van der Waals surface area contributed by atoms with E-state index in [1.807, 2.05) is 0 Å². The Bertz CT molecular complexity index is 117. The zero-order valence-corrected chi connectivity index (χ0v) is 11.6. The molecule has 86 valence electrons. The first-order chi connectivity index (χ1) is 6.76. The fraction of sp³-hybridized carbons (Fsp3) is 1.00. The summed E-state index contributed by atoms with van der Waals surface area (Å²) >= 11 is 3.49. The Morgan fingerprint density at radius 2 is 1.71 bits per heavy atom. The Labute approximate surface area is 98.4 Å². The van der Waals surface area contributed by atoms with Gasteiger partial charge in [-0.2, -0.15) is 0 Å². The number of hydrogen-bond acceptors (Lipinski definition) is 1. The van der Waals surface area contributed by atoms with Gasteiger partial charge in [-0.05, 0) is 45.7 Å². The Morgan fingerprint density at radius 1 is 1.07 bits per heavy atom. The third-order valence-corrected chi connectivity index (χ3v) is 3.40. The van der Waals surface area contributed by atoms with Gasteiger partial charge in [-0.1, -0.05) is 36.2 Å². The molecule has 0 heterocycles. The summed E-state index contributed by atoms with van der Waals surface area (Å²) in [5.74, 6) is 0. The van der Waals surface area contributed by atoms with Gasteiger partial charge >= 0.3 is 0 Å². The van der Waals surface area contributed by atoms with Crippen molar-refractivity contribution >= 4 is 15.9 Å². The Hall–Kier alpha value is 0.440. The van der Waals surface area contributed by atoms with Crippen molar-refractivity contribution in [2.75, 3.05) is 18.4 Å². The molecule has 14 heavy (non-hydrogen) atoms. The van der Waals surface area contributed by atoms with E-state index in [1.54, 1.807) is 0 Å². The monoisotopic (exact) mass is 263 g/mol. The van der Waals surface area contributed by atoms with Crippen molar-refractivity contribution in [1.82, 2.24) is 4.90 Å². The van der Waals surface area contributed by atoms with E-state index in [1.165, 1.54) is 45.2 Å². The number of rotatable bonds is 9. The molecule has 0 saturated heterocycles. The second-order valence-electron chi connectivity index (χ2n) is 4.04. The summed E-state index contributed by atoms with van der Waals surface area (Å²) in [6, 6.07) is 0.761. The highest BCUT2D eigenvalue weighted by molar-refractivity contribution is 9.09. The van der Waals surface area contributed by atoms with Crippen LogP contribution < -0.4 is 0 Å². The average Bonchev–Trinajstić information content (AvgIpc) is 2.22. The van der Waals surface area contributed by atoms with Gasteiger partial charge in [0.15, 0.2) is 0 Å². The fourth-order valence-corrected chi connectivity index (χ4v) is 1.98. The minimum absolute atomic E-state index is 0.761. The van der Waals surface area contributed by atoms with E-state index in [-0.39, 0.29) is 0 Å². The number of halogens is 1. The summed E-state index contributed by atoms with van der Waals surface area (Å²) in [6.45, 7) is 9.47. The van der Waals surface area contributed by atoms with Gasteiger partial charge in [0.1, 0.15) is 0 Å². The molecule has 0 aromatic rings. The molecule has 0 aliphatic heterocycles. The molecule has 0 saturated carbocycles. The van der Waals surface area contributed by atoms with E-state index in [9.17, 15) is 0 Å². The highest BCUT2D eigenvalue weighted by atomic mass is 79.9. The molecule has 0 spiro atoms. The van der Waals surface area contributed by atoms with Crippen LogP contribution in [0.1, 0.15) is 52.9 Å². The molecule has 0 aromatic heterocycles. The first-order valence-electron chi connectivity index (χ1n) is 6.06. The van der Waals surface area contributed by atoms with Gasteiger partial charge in [0.25, 0.3) is 0 Å². The normalized spacial score (nSPS) is 13.5. The van der Waals surface area contributed by atoms with Crippen LogP contribution in [-0.2, 0) is 0 Å². The maximum absolute atomic E-state index is 3.49. The smallest absolute Gasteiger partial charge is 0.00643 e. The molecule has 0 radical (unpaired) electrons. The molecule has 1 unspecified atom stereocenters. The predicted octanol–water partition coefficient (Wildman–Crippen LogP) is 4.06. The third-order valence-electron chi connectivity index (χ3n) is 2.84. The molecule has 0 rings (SSSR count). The molecule has 2 heteroatoms. The zero-order valence-electron chi connectivity index (χ0n) is 10.1. The fourth-order valence-electron chi connectivity index (χ4n) is 1.58. The number of nitrogens with zero attached hydrogens (tertiary/aromatic N) is 1. The quantitative estimate of drug-likeness (QED) is 0.448. The van der Waals surface area contributed by atoms with E-state index in [2.05, 4.69) is 41.6 Å². The molecule has 0 N–H and O–H groups in total. The van der Waals surface area contributed by atoms with Crippen LogP contribution in [0.5, 0.6) is 0 Å². The average molecular weight is 264 g/mol. The van der Waals surface area contributed by atoms with Crippen LogP contribution in [0.3, 0.4) is 0 Å². The SMILES string of the molecule is CCCCN(CCCCBr)C(C)CC. The van der Waals surface area contributed by atoms with Gasteiger partial charge in [-0.25, -0.2) is 0 Å². The minimum atomic E-state index is 0.761. The highest BCUT2D eigenvalue weighted by Gasteiger charge is 2.10. The van der Waals surface area contributed by atoms with Gasteiger partial charge in [0, 0.05) is 11.4 Å². The topological polar surface area (TPSA) is 3.24 Å². The van der Waals surface area contributed by atoms with E-state index in [0.717, 1.165) is 11.4 Å². The molecule has 0 amide bonds. The standard InChI is InChI=1S/C12H26BrN/c1-4-6-10-14(12(3)5-2)11-8-7-9-13/h12H,4-11H2,1-3H3. The molecular formula is C12H26BrN. The summed E-state index contributed by atoms with van der Waals surface area (Å²) in [4.78, 5) is 2.64. The van der Waals surface area contributed by atoms with Crippen molar-refractivity contribution in [1.29, 1.82) is 0 Å². The van der Waals surface area contributed by atoms with Crippen LogP contribution in [0, 0.1) is 0 Å². The first-order valence-corrected chi connectivity index (χ1v) is 7.18. The molecule has 0 fully saturated rings. The molecule has 0 aliphatic carbocycles. The van der Waals surface area contributed by atoms with Gasteiger partial charge in [0.05, 0.1) is 0 Å². The third kappa shape index (κ3) is 6.83. The lowest BCUT2D eigenvalue weighted by atomic mass is 10.2. The molecular weight excluding hydrogens is 238 g/mol. The lowest BCUT2D eigenvalue weighted by molar-refractivity contribution is 0.198. The molecule has 1 nitrogen and oxygen atoms in total. The molecule has 1 atom stereocenters. The summed E-state index contributed by atoms with van der Waals surface area (Å²) < 4.78 is 0. The summed E-state index contributed by atoms with van der Waals surface area (Å²) in [5, 5.41) is 1.15. The largest absolute Gasteiger partial charge is 0.301 e.